The van der Waals surface area contributed by atoms with Gasteiger partial charge in [-0.05, 0) is 129 Å². The summed E-state index contributed by atoms with van der Waals surface area (Å²) in [5.41, 5.74) is -0.416. The molecule has 6 heteroatoms. The van der Waals surface area contributed by atoms with Gasteiger partial charge in [0.05, 0.1) is 42.2 Å². The minimum absolute atomic E-state index is 0.00740. The molecule has 7 rings (SSSR count). The van der Waals surface area contributed by atoms with Crippen LogP contribution in [0.3, 0.4) is 0 Å². The molecule has 252 valence electrons. The molecule has 7 aliphatic rings. The van der Waals surface area contributed by atoms with Gasteiger partial charge in [-0.2, -0.15) is 0 Å². The SMILES string of the molecule is CC1C(O)COC(O[C@H]2CCC34CC35CC[C@]3(C)C(C6(C)CCC(C(C)(C)O)O6)C(O)C[C@@]3(C)C5C[C@H](C)C4C2(C)C)C1C. The molecule has 6 nitrogen and oxygen atoms in total. The summed E-state index contributed by atoms with van der Waals surface area (Å²) in [5, 5.41) is 33.2. The number of hydrogen-bond donors (Lipinski definition) is 3. The van der Waals surface area contributed by atoms with Crippen molar-refractivity contribution in [1.82, 2.24) is 0 Å². The Labute approximate surface area is 267 Å². The summed E-state index contributed by atoms with van der Waals surface area (Å²) in [7, 11) is 0. The van der Waals surface area contributed by atoms with Crippen molar-refractivity contribution < 1.29 is 29.5 Å². The Hall–Kier alpha value is -0.240. The largest absolute Gasteiger partial charge is 0.393 e. The van der Waals surface area contributed by atoms with E-state index in [2.05, 4.69) is 55.4 Å². The second-order valence-electron chi connectivity index (χ2n) is 19.4. The third-order valence-corrected chi connectivity index (χ3v) is 16.6. The lowest BCUT2D eigenvalue weighted by Gasteiger charge is -2.65. The maximum atomic E-state index is 12.0. The van der Waals surface area contributed by atoms with E-state index in [1.165, 1.54) is 25.7 Å². The molecule has 5 aliphatic carbocycles. The summed E-state index contributed by atoms with van der Waals surface area (Å²) < 4.78 is 19.8. The molecule has 0 aromatic heterocycles. The first kappa shape index (κ1) is 32.3. The number of aliphatic hydroxyl groups is 3. The highest BCUT2D eigenvalue weighted by atomic mass is 16.7. The third kappa shape index (κ3) is 4.00. The molecule has 0 aromatic carbocycles. The average Bonchev–Trinajstić information content (AvgIpc) is 3.27. The van der Waals surface area contributed by atoms with E-state index in [9.17, 15) is 15.3 Å². The van der Waals surface area contributed by atoms with Crippen LogP contribution in [0, 0.1) is 62.6 Å². The molecule has 0 amide bonds. The predicted octanol–water partition coefficient (Wildman–Crippen LogP) is 6.73. The van der Waals surface area contributed by atoms with Crippen molar-refractivity contribution in [2.75, 3.05) is 6.61 Å². The van der Waals surface area contributed by atoms with Crippen LogP contribution in [0.2, 0.25) is 0 Å². The van der Waals surface area contributed by atoms with E-state index in [1.54, 1.807) is 0 Å². The lowest BCUT2D eigenvalue weighted by atomic mass is 9.40. The number of hydrogen-bond acceptors (Lipinski definition) is 6. The zero-order valence-corrected chi connectivity index (χ0v) is 29.5. The van der Waals surface area contributed by atoms with Gasteiger partial charge in [0.15, 0.2) is 6.29 Å². The third-order valence-electron chi connectivity index (χ3n) is 16.6. The second kappa shape index (κ2) is 9.68. The molecule has 44 heavy (non-hydrogen) atoms. The highest BCUT2D eigenvalue weighted by molar-refractivity contribution is 5.32. The number of fused-ring (bicyclic) bond motifs is 2. The maximum absolute atomic E-state index is 12.0. The Morgan fingerprint density at radius 1 is 0.795 bits per heavy atom. The van der Waals surface area contributed by atoms with Crippen LogP contribution in [0.4, 0.5) is 0 Å². The van der Waals surface area contributed by atoms with Crippen LogP contribution in [-0.4, -0.2) is 63.8 Å². The molecule has 2 heterocycles. The summed E-state index contributed by atoms with van der Waals surface area (Å²) in [4.78, 5) is 0. The number of ether oxygens (including phenoxy) is 3. The van der Waals surface area contributed by atoms with Crippen LogP contribution in [0.1, 0.15) is 127 Å². The fourth-order valence-electron chi connectivity index (χ4n) is 14.3. The van der Waals surface area contributed by atoms with Crippen molar-refractivity contribution in [2.24, 2.45) is 62.6 Å². The van der Waals surface area contributed by atoms with Crippen molar-refractivity contribution in [3.05, 3.63) is 0 Å². The minimum atomic E-state index is -0.869. The maximum Gasteiger partial charge on any atom is 0.160 e. The van der Waals surface area contributed by atoms with Gasteiger partial charge in [0.2, 0.25) is 0 Å². The fraction of sp³-hybridized carbons (Fsp3) is 1.00. The molecule has 0 radical (unpaired) electrons. The van der Waals surface area contributed by atoms with Crippen LogP contribution in [0.5, 0.6) is 0 Å². The molecular formula is C38H64O6. The van der Waals surface area contributed by atoms with Gasteiger partial charge >= 0.3 is 0 Å². The Bertz CT molecular complexity index is 1150. The van der Waals surface area contributed by atoms with E-state index < -0.39 is 17.3 Å². The molecule has 0 bridgehead atoms. The van der Waals surface area contributed by atoms with Crippen LogP contribution >= 0.6 is 0 Å². The van der Waals surface area contributed by atoms with Crippen molar-refractivity contribution in [1.29, 1.82) is 0 Å². The van der Waals surface area contributed by atoms with E-state index in [1.807, 2.05) is 13.8 Å². The van der Waals surface area contributed by atoms with E-state index in [-0.39, 0.29) is 58.6 Å². The first-order valence-corrected chi connectivity index (χ1v) is 18.3. The van der Waals surface area contributed by atoms with Crippen LogP contribution < -0.4 is 0 Å². The summed E-state index contributed by atoms with van der Waals surface area (Å²) >= 11 is 0. The van der Waals surface area contributed by atoms with Gasteiger partial charge in [0.25, 0.3) is 0 Å². The highest BCUT2D eigenvalue weighted by Crippen LogP contribution is 2.90. The molecule has 2 spiro atoms. The molecule has 0 aromatic rings. The molecule has 7 fully saturated rings. The summed E-state index contributed by atoms with van der Waals surface area (Å²) in [6.07, 6.45) is 8.91. The van der Waals surface area contributed by atoms with Crippen molar-refractivity contribution in [3.8, 4) is 0 Å². The van der Waals surface area contributed by atoms with Gasteiger partial charge in [0.1, 0.15) is 0 Å². The smallest absolute Gasteiger partial charge is 0.160 e. The van der Waals surface area contributed by atoms with Gasteiger partial charge in [-0.1, -0.05) is 48.5 Å². The molecule has 3 N–H and O–H groups in total. The topological polar surface area (TPSA) is 88.4 Å². The lowest BCUT2D eigenvalue weighted by Crippen LogP contribution is -2.61. The van der Waals surface area contributed by atoms with Gasteiger partial charge in [-0.25, -0.2) is 0 Å². The van der Waals surface area contributed by atoms with Crippen LogP contribution in [0.15, 0.2) is 0 Å². The van der Waals surface area contributed by atoms with Gasteiger partial charge in [-0.15, -0.1) is 0 Å². The predicted molar refractivity (Wildman–Crippen MR) is 171 cm³/mol. The summed E-state index contributed by atoms with van der Waals surface area (Å²) in [6, 6.07) is 0. The van der Waals surface area contributed by atoms with Crippen molar-refractivity contribution in [3.63, 3.8) is 0 Å². The first-order valence-electron chi connectivity index (χ1n) is 18.3. The molecule has 2 saturated heterocycles. The van der Waals surface area contributed by atoms with E-state index in [4.69, 9.17) is 14.2 Å². The summed E-state index contributed by atoms with van der Waals surface area (Å²) in [6.45, 7) is 23.2. The fourth-order valence-corrected chi connectivity index (χ4v) is 14.3. The molecular weight excluding hydrogens is 552 g/mol. The summed E-state index contributed by atoms with van der Waals surface area (Å²) in [5.74, 6) is 2.26. The molecule has 16 atom stereocenters. The molecule has 2 aliphatic heterocycles. The van der Waals surface area contributed by atoms with Gasteiger partial charge in [0, 0.05) is 11.8 Å². The number of aliphatic hydroxyl groups excluding tert-OH is 2. The normalized spacial score (nSPS) is 59.8. The van der Waals surface area contributed by atoms with Gasteiger partial charge < -0.3 is 29.5 Å². The monoisotopic (exact) mass is 616 g/mol. The van der Waals surface area contributed by atoms with E-state index >= 15 is 0 Å². The highest BCUT2D eigenvalue weighted by Gasteiger charge is 2.84. The molecule has 12 unspecified atom stereocenters. The zero-order valence-electron chi connectivity index (χ0n) is 29.5. The Balaban J connectivity index is 1.15. The van der Waals surface area contributed by atoms with E-state index in [0.29, 0.717) is 35.2 Å². The number of rotatable bonds is 4. The Morgan fingerprint density at radius 3 is 2.16 bits per heavy atom. The Kier molecular flexibility index (Phi) is 7.11. The second-order valence-corrected chi connectivity index (χ2v) is 19.4. The van der Waals surface area contributed by atoms with Crippen molar-refractivity contribution in [2.45, 2.75) is 169 Å². The quantitative estimate of drug-likeness (QED) is 0.304. The van der Waals surface area contributed by atoms with Crippen molar-refractivity contribution >= 4 is 0 Å². The molecule has 5 saturated carbocycles. The first-order chi connectivity index (χ1) is 20.3. The lowest BCUT2D eigenvalue weighted by molar-refractivity contribution is -0.280. The van der Waals surface area contributed by atoms with Crippen LogP contribution in [-0.2, 0) is 14.2 Å². The van der Waals surface area contributed by atoms with Crippen LogP contribution in [0.25, 0.3) is 0 Å². The van der Waals surface area contributed by atoms with Gasteiger partial charge in [-0.3, -0.25) is 0 Å². The average molecular weight is 617 g/mol. The van der Waals surface area contributed by atoms with E-state index in [0.717, 1.165) is 32.1 Å². The zero-order chi connectivity index (χ0) is 32.0. The minimum Gasteiger partial charge on any atom is -0.393 e. The Morgan fingerprint density at radius 2 is 1.50 bits per heavy atom. The standard InChI is InChI=1S/C38H64O6/c1-21-17-26-35(9)18-24(39)30(36(10)13-11-28(44-36)33(6,7)41)34(35,8)15-16-37(26)20-38(37)14-12-27(32(4,5)29(21)38)43-31-23(3)22(2)25(40)19-42-31/h21-31,39-41H,11-20H2,1-10H3/t21-,22?,23?,24?,25?,26?,27-,28?,29?,30?,31?,34+,35-,36?,37?,38?/m0/s1.